The molecule has 0 amide bonds. The molecule has 1 aliphatic rings. The van der Waals surface area contributed by atoms with Crippen molar-refractivity contribution >= 4 is 0 Å². The van der Waals surface area contributed by atoms with Crippen molar-refractivity contribution in [2.75, 3.05) is 20.2 Å². The van der Waals surface area contributed by atoms with Crippen LogP contribution in [-0.2, 0) is 4.74 Å². The van der Waals surface area contributed by atoms with Gasteiger partial charge in [-0.3, -0.25) is 0 Å². The second-order valence-electron chi connectivity index (χ2n) is 3.50. The van der Waals surface area contributed by atoms with Gasteiger partial charge in [0.2, 0.25) is 0 Å². The largest absolute Gasteiger partial charge is 0.378 e. The van der Waals surface area contributed by atoms with Crippen LogP contribution in [0.1, 0.15) is 20.3 Å². The highest BCUT2D eigenvalue weighted by Gasteiger charge is 2.31. The van der Waals surface area contributed by atoms with E-state index in [1.165, 1.54) is 6.42 Å². The van der Waals surface area contributed by atoms with Gasteiger partial charge in [0.25, 0.3) is 0 Å². The van der Waals surface area contributed by atoms with Crippen molar-refractivity contribution in [2.45, 2.75) is 25.9 Å². The average Bonchev–Trinajstić information content (AvgIpc) is 2.38. The Hall–Kier alpha value is -0.0800. The Labute approximate surface area is 63.0 Å². The third-order valence-electron chi connectivity index (χ3n) is 2.57. The van der Waals surface area contributed by atoms with Gasteiger partial charge in [-0.1, -0.05) is 0 Å². The molecule has 2 heteroatoms. The fourth-order valence-corrected chi connectivity index (χ4v) is 1.41. The van der Waals surface area contributed by atoms with E-state index in [2.05, 4.69) is 19.2 Å². The third kappa shape index (κ3) is 1.50. The molecule has 60 valence electrons. The maximum Gasteiger partial charge on any atom is 0.0663 e. The van der Waals surface area contributed by atoms with E-state index in [0.29, 0.717) is 5.92 Å². The average molecular weight is 143 g/mol. The quantitative estimate of drug-likeness (QED) is 0.623. The summed E-state index contributed by atoms with van der Waals surface area (Å²) in [5, 5.41) is 3.33. The number of rotatable bonds is 2. The maximum absolute atomic E-state index is 5.38. The zero-order chi connectivity index (χ0) is 7.61. The zero-order valence-electron chi connectivity index (χ0n) is 7.11. The Morgan fingerprint density at radius 3 is 2.60 bits per heavy atom. The molecule has 0 unspecified atom stereocenters. The number of hydrogen-bond donors (Lipinski definition) is 1. The minimum absolute atomic E-state index is 0.0590. The van der Waals surface area contributed by atoms with Crippen LogP contribution < -0.4 is 5.32 Å². The first-order valence-corrected chi connectivity index (χ1v) is 3.92. The normalized spacial score (nSPS) is 27.3. The van der Waals surface area contributed by atoms with Crippen LogP contribution in [0, 0.1) is 5.92 Å². The van der Waals surface area contributed by atoms with Gasteiger partial charge in [0.15, 0.2) is 0 Å². The molecule has 1 rings (SSSR count). The predicted octanol–water partition coefficient (Wildman–Crippen LogP) is 1.02. The van der Waals surface area contributed by atoms with E-state index in [9.17, 15) is 0 Å². The van der Waals surface area contributed by atoms with Crippen LogP contribution in [0.2, 0.25) is 0 Å². The van der Waals surface area contributed by atoms with E-state index in [0.717, 1.165) is 13.1 Å². The van der Waals surface area contributed by atoms with Gasteiger partial charge in [-0.2, -0.15) is 0 Å². The van der Waals surface area contributed by atoms with Crippen molar-refractivity contribution in [3.63, 3.8) is 0 Å². The topological polar surface area (TPSA) is 21.3 Å². The summed E-state index contributed by atoms with van der Waals surface area (Å²) in [6.45, 7) is 6.58. The molecule has 0 aromatic carbocycles. The van der Waals surface area contributed by atoms with E-state index >= 15 is 0 Å². The minimum Gasteiger partial charge on any atom is -0.378 e. The maximum atomic E-state index is 5.38. The molecule has 0 aromatic rings. The summed E-state index contributed by atoms with van der Waals surface area (Å²) in [4.78, 5) is 0. The van der Waals surface area contributed by atoms with Crippen molar-refractivity contribution < 1.29 is 4.74 Å². The second kappa shape index (κ2) is 2.89. The van der Waals surface area contributed by atoms with Gasteiger partial charge in [0, 0.05) is 19.6 Å². The van der Waals surface area contributed by atoms with E-state index in [1.54, 1.807) is 7.11 Å². The van der Waals surface area contributed by atoms with Crippen LogP contribution in [0.3, 0.4) is 0 Å². The second-order valence-corrected chi connectivity index (χ2v) is 3.50. The Balaban J connectivity index is 2.45. The lowest BCUT2D eigenvalue weighted by Gasteiger charge is -2.29. The van der Waals surface area contributed by atoms with Crippen LogP contribution in [0.15, 0.2) is 0 Å². The highest BCUT2D eigenvalue weighted by atomic mass is 16.5. The number of hydrogen-bond acceptors (Lipinski definition) is 2. The fraction of sp³-hybridized carbons (Fsp3) is 1.00. The van der Waals surface area contributed by atoms with E-state index in [4.69, 9.17) is 4.74 Å². The predicted molar refractivity (Wildman–Crippen MR) is 42.1 cm³/mol. The Bertz CT molecular complexity index is 106. The minimum atomic E-state index is 0.0590. The molecule has 1 aliphatic heterocycles. The van der Waals surface area contributed by atoms with Crippen molar-refractivity contribution in [2.24, 2.45) is 5.92 Å². The smallest absolute Gasteiger partial charge is 0.0663 e. The highest BCUT2D eigenvalue weighted by molar-refractivity contribution is 4.85. The van der Waals surface area contributed by atoms with Gasteiger partial charge < -0.3 is 10.1 Å². The molecule has 1 saturated heterocycles. The van der Waals surface area contributed by atoms with Crippen molar-refractivity contribution in [3.8, 4) is 0 Å². The Morgan fingerprint density at radius 1 is 1.50 bits per heavy atom. The molecule has 1 N–H and O–H groups in total. The molecule has 1 fully saturated rings. The summed E-state index contributed by atoms with van der Waals surface area (Å²) in [7, 11) is 1.79. The number of methoxy groups -OCH3 is 1. The van der Waals surface area contributed by atoms with Crippen molar-refractivity contribution in [1.29, 1.82) is 0 Å². The lowest BCUT2D eigenvalue weighted by Crippen LogP contribution is -2.34. The molecule has 1 atom stereocenters. The molecular formula is C8H17NO. The van der Waals surface area contributed by atoms with Gasteiger partial charge >= 0.3 is 0 Å². The highest BCUT2D eigenvalue weighted by Crippen LogP contribution is 2.25. The molecule has 0 aromatic heterocycles. The zero-order valence-corrected chi connectivity index (χ0v) is 7.11. The molecule has 0 spiro atoms. The lowest BCUT2D eigenvalue weighted by atomic mass is 9.90. The standard InChI is InChI=1S/C8H17NO/c1-8(2,10-3)7-4-5-9-6-7/h7,9H,4-6H2,1-3H3/t7-/m1/s1. The summed E-state index contributed by atoms with van der Waals surface area (Å²) in [6.07, 6.45) is 1.25. The summed E-state index contributed by atoms with van der Waals surface area (Å²) in [6, 6.07) is 0. The van der Waals surface area contributed by atoms with Crippen LogP contribution >= 0.6 is 0 Å². The molecular weight excluding hydrogens is 126 g/mol. The van der Waals surface area contributed by atoms with Gasteiger partial charge in [0.05, 0.1) is 5.60 Å². The fourth-order valence-electron chi connectivity index (χ4n) is 1.41. The summed E-state index contributed by atoms with van der Waals surface area (Å²) in [5.74, 6) is 0.692. The molecule has 1 heterocycles. The summed E-state index contributed by atoms with van der Waals surface area (Å²) >= 11 is 0. The monoisotopic (exact) mass is 143 g/mol. The van der Waals surface area contributed by atoms with Gasteiger partial charge in [-0.15, -0.1) is 0 Å². The third-order valence-corrected chi connectivity index (χ3v) is 2.57. The first-order chi connectivity index (χ1) is 4.67. The number of ether oxygens (including phenoxy) is 1. The summed E-state index contributed by atoms with van der Waals surface area (Å²) < 4.78 is 5.38. The van der Waals surface area contributed by atoms with Gasteiger partial charge in [0.1, 0.15) is 0 Å². The summed E-state index contributed by atoms with van der Waals surface area (Å²) in [5.41, 5.74) is 0.0590. The first kappa shape index (κ1) is 8.02. The molecule has 2 nitrogen and oxygen atoms in total. The lowest BCUT2D eigenvalue weighted by molar-refractivity contribution is -0.0211. The molecule has 0 radical (unpaired) electrons. The van der Waals surface area contributed by atoms with Crippen LogP contribution in [-0.4, -0.2) is 25.8 Å². The molecule has 0 saturated carbocycles. The molecule has 0 aliphatic carbocycles. The molecule has 10 heavy (non-hydrogen) atoms. The van der Waals surface area contributed by atoms with Crippen LogP contribution in [0.4, 0.5) is 0 Å². The van der Waals surface area contributed by atoms with Gasteiger partial charge in [-0.05, 0) is 26.8 Å². The van der Waals surface area contributed by atoms with E-state index in [1.807, 2.05) is 0 Å². The van der Waals surface area contributed by atoms with Crippen molar-refractivity contribution in [3.05, 3.63) is 0 Å². The Kier molecular flexibility index (Phi) is 2.32. The van der Waals surface area contributed by atoms with Crippen LogP contribution in [0.5, 0.6) is 0 Å². The first-order valence-electron chi connectivity index (χ1n) is 3.92. The number of nitrogens with one attached hydrogen (secondary N) is 1. The van der Waals surface area contributed by atoms with E-state index in [-0.39, 0.29) is 5.60 Å². The van der Waals surface area contributed by atoms with Crippen LogP contribution in [0.25, 0.3) is 0 Å². The molecule has 0 bridgehead atoms. The Morgan fingerprint density at radius 2 is 2.20 bits per heavy atom. The SMILES string of the molecule is COC(C)(C)[C@@H]1CCNC1. The van der Waals surface area contributed by atoms with Gasteiger partial charge in [-0.25, -0.2) is 0 Å². The van der Waals surface area contributed by atoms with E-state index < -0.39 is 0 Å². The van der Waals surface area contributed by atoms with Crippen molar-refractivity contribution in [1.82, 2.24) is 5.32 Å².